The molecule has 120 valence electrons. The average Bonchev–Trinajstić information content (AvgIpc) is 2.56. The molecule has 2 aromatic carbocycles. The quantitative estimate of drug-likeness (QED) is 0.460. The molecule has 0 atom stereocenters. The first-order chi connectivity index (χ1) is 11.1. The summed E-state index contributed by atoms with van der Waals surface area (Å²) in [5, 5.41) is 18.2. The first-order valence-electron chi connectivity index (χ1n) is 6.70. The summed E-state index contributed by atoms with van der Waals surface area (Å²) in [6.45, 7) is 0. The molecule has 5 nitrogen and oxygen atoms in total. The van der Waals surface area contributed by atoms with E-state index in [9.17, 15) is 5.11 Å². The Morgan fingerprint density at radius 1 is 1.35 bits per heavy atom. The van der Waals surface area contributed by atoms with Gasteiger partial charge in [0.1, 0.15) is 0 Å². The second-order valence-corrected chi connectivity index (χ2v) is 6.41. The van der Waals surface area contributed by atoms with Crippen molar-refractivity contribution in [3.8, 4) is 11.5 Å². The van der Waals surface area contributed by atoms with Crippen LogP contribution in [-0.2, 0) is 5.75 Å². The van der Waals surface area contributed by atoms with Crippen LogP contribution in [0.4, 0.5) is 0 Å². The number of phenolic OH excluding ortho intramolecular Hbond substituents is 1. The van der Waals surface area contributed by atoms with E-state index < -0.39 is 0 Å². The van der Waals surface area contributed by atoms with Crippen molar-refractivity contribution in [3.05, 3.63) is 58.1 Å². The van der Waals surface area contributed by atoms with Crippen LogP contribution in [-0.4, -0.2) is 23.6 Å². The number of nitrogens with two attached hydrogens (primary N) is 1. The fourth-order valence-corrected chi connectivity index (χ4v) is 2.82. The van der Waals surface area contributed by atoms with E-state index in [1.54, 1.807) is 12.1 Å². The molecule has 2 aromatic rings. The number of amidine groups is 1. The maximum atomic E-state index is 10.0. The summed E-state index contributed by atoms with van der Waals surface area (Å²) in [6.07, 6.45) is 1.43. The lowest BCUT2D eigenvalue weighted by Crippen LogP contribution is -2.06. The Hall–Kier alpha value is -1.99. The number of aromatic hydroxyl groups is 1. The maximum Gasteiger partial charge on any atom is 0.180 e. The topological polar surface area (TPSA) is 80.2 Å². The van der Waals surface area contributed by atoms with Crippen molar-refractivity contribution in [1.82, 2.24) is 0 Å². The minimum Gasteiger partial charge on any atom is -0.504 e. The number of methoxy groups -OCH3 is 1. The van der Waals surface area contributed by atoms with Crippen LogP contribution in [0.5, 0.6) is 11.5 Å². The predicted molar refractivity (Wildman–Crippen MR) is 99.3 cm³/mol. The van der Waals surface area contributed by atoms with Gasteiger partial charge in [-0.25, -0.2) is 0 Å². The molecule has 23 heavy (non-hydrogen) atoms. The molecule has 0 aliphatic carbocycles. The molecule has 0 aromatic heterocycles. The van der Waals surface area contributed by atoms with Crippen molar-refractivity contribution >= 4 is 39.1 Å². The number of thioether (sulfide) groups is 1. The van der Waals surface area contributed by atoms with E-state index in [1.165, 1.54) is 25.1 Å². The van der Waals surface area contributed by atoms with Crippen molar-refractivity contribution in [2.75, 3.05) is 7.11 Å². The van der Waals surface area contributed by atoms with E-state index in [0.29, 0.717) is 16.5 Å². The molecular formula is C16H16BrN3O2S. The second kappa shape index (κ2) is 8.59. The van der Waals surface area contributed by atoms with Gasteiger partial charge in [0, 0.05) is 15.8 Å². The number of halogens is 1. The van der Waals surface area contributed by atoms with E-state index in [2.05, 4.69) is 26.1 Å². The molecule has 0 fully saturated rings. The number of benzene rings is 2. The Morgan fingerprint density at radius 2 is 2.09 bits per heavy atom. The summed E-state index contributed by atoms with van der Waals surface area (Å²) in [5.74, 6) is 1.09. The molecule has 7 heteroatoms. The van der Waals surface area contributed by atoms with Gasteiger partial charge >= 0.3 is 0 Å². The maximum absolute atomic E-state index is 10.0. The SMILES string of the molecule is COc1cc(Br)cc(C=NN=C(N)SCc2ccccc2)c1O. The molecule has 0 saturated heterocycles. The summed E-state index contributed by atoms with van der Waals surface area (Å²) >= 11 is 4.74. The van der Waals surface area contributed by atoms with Gasteiger partial charge in [-0.15, -0.1) is 5.10 Å². The molecule has 2 rings (SSSR count). The molecule has 0 amide bonds. The summed E-state index contributed by atoms with van der Waals surface area (Å²) in [4.78, 5) is 0. The molecule has 0 bridgehead atoms. The highest BCUT2D eigenvalue weighted by Crippen LogP contribution is 2.32. The van der Waals surface area contributed by atoms with Crippen LogP contribution in [0.25, 0.3) is 0 Å². The molecule has 0 aliphatic rings. The number of nitrogens with zero attached hydrogens (tertiary/aromatic N) is 2. The van der Waals surface area contributed by atoms with Gasteiger partial charge in [-0.2, -0.15) is 5.10 Å². The average molecular weight is 394 g/mol. The molecule has 0 aliphatic heterocycles. The van der Waals surface area contributed by atoms with Gasteiger partial charge in [0.15, 0.2) is 16.7 Å². The highest BCUT2D eigenvalue weighted by Gasteiger charge is 2.07. The molecule has 0 saturated carbocycles. The lowest BCUT2D eigenvalue weighted by molar-refractivity contribution is 0.373. The monoisotopic (exact) mass is 393 g/mol. The van der Waals surface area contributed by atoms with Crippen LogP contribution >= 0.6 is 27.7 Å². The van der Waals surface area contributed by atoms with Crippen molar-refractivity contribution in [3.63, 3.8) is 0 Å². The lowest BCUT2D eigenvalue weighted by Gasteiger charge is -2.06. The number of phenols is 1. The fraction of sp³-hybridized carbons (Fsp3) is 0.125. The third-order valence-electron chi connectivity index (χ3n) is 2.87. The number of hydrogen-bond acceptors (Lipinski definition) is 5. The highest BCUT2D eigenvalue weighted by atomic mass is 79.9. The van der Waals surface area contributed by atoms with E-state index in [-0.39, 0.29) is 5.75 Å². The Labute approximate surface area is 147 Å². The van der Waals surface area contributed by atoms with Crippen molar-refractivity contribution in [2.24, 2.45) is 15.9 Å². The fourth-order valence-electron chi connectivity index (χ4n) is 1.76. The van der Waals surface area contributed by atoms with E-state index in [1.807, 2.05) is 30.3 Å². The number of rotatable bonds is 5. The van der Waals surface area contributed by atoms with Crippen LogP contribution in [0, 0.1) is 0 Å². The van der Waals surface area contributed by atoms with Crippen LogP contribution in [0.2, 0.25) is 0 Å². The molecule has 3 N–H and O–H groups in total. The Bertz CT molecular complexity index is 721. The smallest absolute Gasteiger partial charge is 0.180 e. The van der Waals surface area contributed by atoms with Crippen LogP contribution in [0.3, 0.4) is 0 Å². The highest BCUT2D eigenvalue weighted by molar-refractivity contribution is 9.10. The van der Waals surface area contributed by atoms with Crippen LogP contribution in [0.15, 0.2) is 57.1 Å². The summed E-state index contributed by atoms with van der Waals surface area (Å²) in [6, 6.07) is 13.3. The van der Waals surface area contributed by atoms with Gasteiger partial charge in [-0.1, -0.05) is 58.0 Å². The van der Waals surface area contributed by atoms with Gasteiger partial charge in [-0.05, 0) is 17.7 Å². The zero-order chi connectivity index (χ0) is 16.7. The Kier molecular flexibility index (Phi) is 6.49. The summed E-state index contributed by atoms with van der Waals surface area (Å²) < 4.78 is 5.84. The van der Waals surface area contributed by atoms with Crippen molar-refractivity contribution in [2.45, 2.75) is 5.75 Å². The first-order valence-corrected chi connectivity index (χ1v) is 8.47. The normalized spacial score (nSPS) is 11.8. The van der Waals surface area contributed by atoms with Gasteiger partial charge in [0.05, 0.1) is 13.3 Å². The molecule has 0 heterocycles. The van der Waals surface area contributed by atoms with Crippen LogP contribution in [0.1, 0.15) is 11.1 Å². The van der Waals surface area contributed by atoms with Gasteiger partial charge in [-0.3, -0.25) is 0 Å². The zero-order valence-electron chi connectivity index (χ0n) is 12.4. The minimum atomic E-state index is 0.00478. The molecule has 0 unspecified atom stereocenters. The second-order valence-electron chi connectivity index (χ2n) is 4.50. The molecule has 0 spiro atoms. The van der Waals surface area contributed by atoms with Crippen LogP contribution < -0.4 is 10.5 Å². The lowest BCUT2D eigenvalue weighted by atomic mass is 10.2. The predicted octanol–water partition coefficient (Wildman–Crippen LogP) is 3.75. The molecular weight excluding hydrogens is 378 g/mol. The van der Waals surface area contributed by atoms with E-state index in [0.717, 1.165) is 15.8 Å². The van der Waals surface area contributed by atoms with Gasteiger partial charge in [0.2, 0.25) is 0 Å². The summed E-state index contributed by atoms with van der Waals surface area (Å²) in [5.41, 5.74) is 7.46. The largest absolute Gasteiger partial charge is 0.504 e. The standard InChI is InChI=1S/C16H16BrN3O2S/c1-22-14-8-13(17)7-12(15(14)21)9-19-20-16(18)23-10-11-5-3-2-4-6-11/h2-9,21H,10H2,1H3,(H2,18,20). The Balaban J connectivity index is 2.01. The first kappa shape index (κ1) is 17.4. The van der Waals surface area contributed by atoms with Crippen molar-refractivity contribution < 1.29 is 9.84 Å². The van der Waals surface area contributed by atoms with Gasteiger partial charge < -0.3 is 15.6 Å². The third kappa shape index (κ3) is 5.30. The summed E-state index contributed by atoms with van der Waals surface area (Å²) in [7, 11) is 1.48. The van der Waals surface area contributed by atoms with E-state index in [4.69, 9.17) is 10.5 Å². The van der Waals surface area contributed by atoms with Crippen molar-refractivity contribution in [1.29, 1.82) is 0 Å². The number of hydrogen-bond donors (Lipinski definition) is 2. The zero-order valence-corrected chi connectivity index (χ0v) is 14.8. The van der Waals surface area contributed by atoms with Gasteiger partial charge in [0.25, 0.3) is 0 Å². The van der Waals surface area contributed by atoms with E-state index >= 15 is 0 Å². The third-order valence-corrected chi connectivity index (χ3v) is 4.18. The minimum absolute atomic E-state index is 0.00478. The molecule has 0 radical (unpaired) electrons. The number of ether oxygens (including phenoxy) is 1. The Morgan fingerprint density at radius 3 is 2.78 bits per heavy atom.